The van der Waals surface area contributed by atoms with Gasteiger partial charge in [0, 0.05) is 30.5 Å². The Bertz CT molecular complexity index is 582. The molecule has 1 aliphatic heterocycles. The van der Waals surface area contributed by atoms with Crippen LogP contribution in [-0.2, 0) is 6.54 Å². The number of hydrogen-bond donors (Lipinski definition) is 1. The van der Waals surface area contributed by atoms with E-state index in [0.717, 1.165) is 35.9 Å². The van der Waals surface area contributed by atoms with Crippen molar-refractivity contribution in [3.05, 3.63) is 36.2 Å². The van der Waals surface area contributed by atoms with Crippen LogP contribution in [-0.4, -0.2) is 34.1 Å². The minimum atomic E-state index is 0.786. The molecule has 0 spiro atoms. The molecule has 0 unspecified atom stereocenters. The molecule has 2 N–H and O–H groups in total. The summed E-state index contributed by atoms with van der Waals surface area (Å²) in [5.41, 5.74) is 8.82. The fourth-order valence-corrected chi connectivity index (χ4v) is 2.88. The average molecular weight is 270 g/mol. The molecular weight excluding hydrogens is 248 g/mol. The van der Waals surface area contributed by atoms with Crippen molar-refractivity contribution in [2.75, 3.05) is 25.4 Å². The Balaban J connectivity index is 1.80. The topological polar surface area (TPSA) is 47.1 Å². The molecule has 4 nitrogen and oxygen atoms in total. The van der Waals surface area contributed by atoms with E-state index >= 15 is 0 Å². The Hall–Kier alpha value is -1.81. The molecule has 20 heavy (non-hydrogen) atoms. The number of nitrogens with zero attached hydrogens (tertiary/aromatic N) is 3. The molecule has 3 rings (SSSR count). The van der Waals surface area contributed by atoms with Gasteiger partial charge in [-0.2, -0.15) is 0 Å². The van der Waals surface area contributed by atoms with Gasteiger partial charge in [-0.1, -0.05) is 12.1 Å². The highest BCUT2D eigenvalue weighted by Gasteiger charge is 2.13. The van der Waals surface area contributed by atoms with Crippen LogP contribution in [0.4, 0.5) is 5.69 Å². The lowest BCUT2D eigenvalue weighted by Gasteiger charge is -2.16. The van der Waals surface area contributed by atoms with E-state index in [1.807, 2.05) is 25.1 Å². The summed E-state index contributed by atoms with van der Waals surface area (Å²) < 4.78 is 2.25. The van der Waals surface area contributed by atoms with Crippen LogP contribution in [0.25, 0.3) is 11.4 Å². The first-order valence-electron chi connectivity index (χ1n) is 7.34. The Morgan fingerprint density at radius 3 is 2.75 bits per heavy atom. The highest BCUT2D eigenvalue weighted by atomic mass is 15.2. The van der Waals surface area contributed by atoms with Gasteiger partial charge in [0.1, 0.15) is 5.82 Å². The van der Waals surface area contributed by atoms with E-state index in [2.05, 4.69) is 26.7 Å². The van der Waals surface area contributed by atoms with Crippen molar-refractivity contribution in [1.29, 1.82) is 0 Å². The summed E-state index contributed by atoms with van der Waals surface area (Å²) >= 11 is 0. The largest absolute Gasteiger partial charge is 0.399 e. The Kier molecular flexibility index (Phi) is 3.74. The van der Waals surface area contributed by atoms with Crippen LogP contribution in [0.5, 0.6) is 0 Å². The summed E-state index contributed by atoms with van der Waals surface area (Å²) in [5, 5.41) is 0. The van der Waals surface area contributed by atoms with Crippen LogP contribution in [0.15, 0.2) is 30.5 Å². The molecule has 106 valence electrons. The number of rotatable bonds is 4. The van der Waals surface area contributed by atoms with Gasteiger partial charge in [-0.25, -0.2) is 4.98 Å². The number of imidazole rings is 1. The zero-order valence-electron chi connectivity index (χ0n) is 12.0. The summed E-state index contributed by atoms with van der Waals surface area (Å²) in [5.74, 6) is 1.02. The van der Waals surface area contributed by atoms with Crippen LogP contribution in [0.3, 0.4) is 0 Å². The maximum Gasteiger partial charge on any atom is 0.140 e. The quantitative estimate of drug-likeness (QED) is 0.868. The van der Waals surface area contributed by atoms with Gasteiger partial charge in [0.25, 0.3) is 0 Å². The van der Waals surface area contributed by atoms with Gasteiger partial charge >= 0.3 is 0 Å². The minimum Gasteiger partial charge on any atom is -0.399 e. The smallest absolute Gasteiger partial charge is 0.140 e. The van der Waals surface area contributed by atoms with E-state index < -0.39 is 0 Å². The third kappa shape index (κ3) is 2.85. The monoisotopic (exact) mass is 270 g/mol. The third-order valence-electron chi connectivity index (χ3n) is 3.90. The first kappa shape index (κ1) is 13.2. The molecular formula is C16H22N4. The summed E-state index contributed by atoms with van der Waals surface area (Å²) in [4.78, 5) is 7.18. The normalized spacial score (nSPS) is 15.8. The molecule has 2 aromatic rings. The van der Waals surface area contributed by atoms with Gasteiger partial charge in [0.05, 0.1) is 5.69 Å². The maximum absolute atomic E-state index is 5.88. The van der Waals surface area contributed by atoms with E-state index in [1.165, 1.54) is 25.9 Å². The Morgan fingerprint density at radius 2 is 2.00 bits per heavy atom. The van der Waals surface area contributed by atoms with E-state index in [9.17, 15) is 0 Å². The van der Waals surface area contributed by atoms with Crippen molar-refractivity contribution in [2.45, 2.75) is 26.3 Å². The highest BCUT2D eigenvalue weighted by molar-refractivity contribution is 5.61. The third-order valence-corrected chi connectivity index (χ3v) is 3.90. The molecule has 1 fully saturated rings. The van der Waals surface area contributed by atoms with Crippen molar-refractivity contribution in [3.8, 4) is 11.4 Å². The lowest BCUT2D eigenvalue weighted by molar-refractivity contribution is 0.323. The molecule has 0 saturated carbocycles. The molecule has 0 aliphatic carbocycles. The van der Waals surface area contributed by atoms with Gasteiger partial charge in [0.15, 0.2) is 0 Å². The second-order valence-electron chi connectivity index (χ2n) is 5.57. The van der Waals surface area contributed by atoms with Gasteiger partial charge < -0.3 is 15.2 Å². The number of hydrogen-bond acceptors (Lipinski definition) is 3. The predicted molar refractivity (Wildman–Crippen MR) is 82.5 cm³/mol. The van der Waals surface area contributed by atoms with Crippen LogP contribution in [0, 0.1) is 6.92 Å². The zero-order valence-corrected chi connectivity index (χ0v) is 12.0. The molecule has 0 amide bonds. The van der Waals surface area contributed by atoms with E-state index in [-0.39, 0.29) is 0 Å². The first-order valence-corrected chi connectivity index (χ1v) is 7.34. The number of benzene rings is 1. The lowest BCUT2D eigenvalue weighted by Crippen LogP contribution is -2.24. The summed E-state index contributed by atoms with van der Waals surface area (Å²) in [7, 11) is 0. The van der Waals surface area contributed by atoms with E-state index in [4.69, 9.17) is 5.73 Å². The van der Waals surface area contributed by atoms with Crippen LogP contribution in [0.2, 0.25) is 0 Å². The molecule has 1 aliphatic rings. The van der Waals surface area contributed by atoms with E-state index in [1.54, 1.807) is 0 Å². The van der Waals surface area contributed by atoms with Gasteiger partial charge in [-0.05, 0) is 45.0 Å². The summed E-state index contributed by atoms with van der Waals surface area (Å²) in [6, 6.07) is 7.96. The molecule has 0 radical (unpaired) electrons. The summed E-state index contributed by atoms with van der Waals surface area (Å²) in [6.07, 6.45) is 4.81. The van der Waals surface area contributed by atoms with E-state index in [0.29, 0.717) is 0 Å². The van der Waals surface area contributed by atoms with Crippen LogP contribution >= 0.6 is 0 Å². The molecule has 0 bridgehead atoms. The minimum absolute atomic E-state index is 0.786. The van der Waals surface area contributed by atoms with Crippen LogP contribution in [0.1, 0.15) is 18.5 Å². The molecule has 1 aromatic heterocycles. The zero-order chi connectivity index (χ0) is 13.9. The second kappa shape index (κ2) is 5.67. The van der Waals surface area contributed by atoms with Crippen molar-refractivity contribution in [3.63, 3.8) is 0 Å². The van der Waals surface area contributed by atoms with Gasteiger partial charge in [0.2, 0.25) is 0 Å². The van der Waals surface area contributed by atoms with Crippen molar-refractivity contribution >= 4 is 5.69 Å². The van der Waals surface area contributed by atoms with Crippen LogP contribution < -0.4 is 5.73 Å². The fourth-order valence-electron chi connectivity index (χ4n) is 2.88. The van der Waals surface area contributed by atoms with Gasteiger partial charge in [-0.15, -0.1) is 0 Å². The highest BCUT2D eigenvalue weighted by Crippen LogP contribution is 2.21. The SMILES string of the molecule is Cc1cn(CCN2CCCC2)c(-c2cccc(N)c2)n1. The van der Waals surface area contributed by atoms with Crippen molar-refractivity contribution < 1.29 is 0 Å². The maximum atomic E-state index is 5.88. The number of nitrogens with two attached hydrogens (primary N) is 1. The molecule has 2 heterocycles. The second-order valence-corrected chi connectivity index (χ2v) is 5.57. The standard InChI is InChI=1S/C16H22N4/c1-13-12-20(10-9-19-7-2-3-8-19)16(18-13)14-5-4-6-15(17)11-14/h4-6,11-12H,2-3,7-10,17H2,1H3. The number of aryl methyl sites for hydroxylation is 1. The number of aromatic nitrogens is 2. The lowest BCUT2D eigenvalue weighted by atomic mass is 10.2. The fraction of sp³-hybridized carbons (Fsp3) is 0.438. The number of anilines is 1. The number of likely N-dealkylation sites (tertiary alicyclic amines) is 1. The Morgan fingerprint density at radius 1 is 1.20 bits per heavy atom. The Labute approximate surface area is 120 Å². The predicted octanol–water partition coefficient (Wildman–Crippen LogP) is 2.54. The molecule has 0 atom stereocenters. The van der Waals surface area contributed by atoms with Gasteiger partial charge in [-0.3, -0.25) is 0 Å². The molecule has 4 heteroatoms. The molecule has 1 aromatic carbocycles. The average Bonchev–Trinajstić information content (AvgIpc) is 3.05. The number of nitrogen functional groups attached to an aromatic ring is 1. The van der Waals surface area contributed by atoms with Crippen molar-refractivity contribution in [2.24, 2.45) is 0 Å². The van der Waals surface area contributed by atoms with Crippen molar-refractivity contribution in [1.82, 2.24) is 14.5 Å². The molecule has 1 saturated heterocycles. The summed E-state index contributed by atoms with van der Waals surface area (Å²) in [6.45, 7) is 6.61. The first-order chi connectivity index (χ1) is 9.72.